The molecule has 2 aromatic rings. The molecule has 1 saturated carbocycles. The molecular weight excluding hydrogens is 401 g/mol. The Bertz CT molecular complexity index is 845. The molecule has 0 atom stereocenters. The summed E-state index contributed by atoms with van der Waals surface area (Å²) >= 11 is 0. The summed E-state index contributed by atoms with van der Waals surface area (Å²) in [4.78, 5) is 0. The minimum Gasteiger partial charge on any atom is -0.490 e. The van der Waals surface area contributed by atoms with E-state index in [-0.39, 0.29) is 30.2 Å². The highest BCUT2D eigenvalue weighted by Gasteiger charge is 2.27. The fraction of sp³-hybridized carbons (Fsp3) is 0.538. The van der Waals surface area contributed by atoms with E-state index in [9.17, 15) is 13.2 Å². The molecule has 0 amide bonds. The molecule has 3 rings (SSSR count). The molecule has 0 aliphatic heterocycles. The van der Waals surface area contributed by atoms with Gasteiger partial charge in [0.25, 0.3) is 0 Å². The van der Waals surface area contributed by atoms with E-state index >= 15 is 0 Å². The summed E-state index contributed by atoms with van der Waals surface area (Å²) in [6.45, 7) is 4.61. The van der Waals surface area contributed by atoms with Crippen LogP contribution in [-0.4, -0.2) is 12.7 Å². The second kappa shape index (κ2) is 11.6. The first-order valence-electron chi connectivity index (χ1n) is 11.5. The van der Waals surface area contributed by atoms with E-state index in [2.05, 4.69) is 6.92 Å². The fourth-order valence-electron chi connectivity index (χ4n) is 4.20. The number of hydrogen-bond donors (Lipinski definition) is 0. The summed E-state index contributed by atoms with van der Waals surface area (Å²) < 4.78 is 54.5. The van der Waals surface area contributed by atoms with Crippen LogP contribution in [0.1, 0.15) is 80.9 Å². The average molecular weight is 435 g/mol. The van der Waals surface area contributed by atoms with Gasteiger partial charge in [0.2, 0.25) is 5.82 Å². The van der Waals surface area contributed by atoms with Crippen LogP contribution in [0.3, 0.4) is 0 Å². The minimum atomic E-state index is -0.888. The normalized spacial score (nSPS) is 18.9. The highest BCUT2D eigenvalue weighted by molar-refractivity contribution is 5.33. The number of benzene rings is 2. The van der Waals surface area contributed by atoms with Crippen LogP contribution >= 0.6 is 0 Å². The predicted octanol–water partition coefficient (Wildman–Crippen LogP) is 7.61. The van der Waals surface area contributed by atoms with Gasteiger partial charge < -0.3 is 9.47 Å². The SMILES string of the molecule is CCCCCCOc1ccc(C2CCC(OCc3ccc(C)cc3F)CC2)c(F)c1F. The van der Waals surface area contributed by atoms with Gasteiger partial charge in [0.05, 0.1) is 19.3 Å². The third-order valence-electron chi connectivity index (χ3n) is 6.13. The highest BCUT2D eigenvalue weighted by atomic mass is 19.2. The molecule has 0 unspecified atom stereocenters. The van der Waals surface area contributed by atoms with Crippen molar-refractivity contribution in [3.05, 3.63) is 64.5 Å². The maximum absolute atomic E-state index is 14.7. The summed E-state index contributed by atoms with van der Waals surface area (Å²) in [5.41, 5.74) is 1.84. The highest BCUT2D eigenvalue weighted by Crippen LogP contribution is 2.37. The Balaban J connectivity index is 1.50. The van der Waals surface area contributed by atoms with E-state index < -0.39 is 11.6 Å². The number of hydrogen-bond acceptors (Lipinski definition) is 2. The van der Waals surface area contributed by atoms with Crippen molar-refractivity contribution < 1.29 is 22.6 Å². The molecule has 1 aliphatic rings. The molecule has 5 heteroatoms. The maximum Gasteiger partial charge on any atom is 0.200 e. The number of rotatable bonds is 10. The van der Waals surface area contributed by atoms with E-state index in [1.165, 1.54) is 6.07 Å². The lowest BCUT2D eigenvalue weighted by atomic mass is 9.82. The lowest BCUT2D eigenvalue weighted by Gasteiger charge is -2.29. The Morgan fingerprint density at radius 2 is 1.68 bits per heavy atom. The average Bonchev–Trinajstić information content (AvgIpc) is 2.76. The molecule has 0 aromatic heterocycles. The van der Waals surface area contributed by atoms with Crippen LogP contribution in [0.4, 0.5) is 13.2 Å². The lowest BCUT2D eigenvalue weighted by Crippen LogP contribution is -2.21. The minimum absolute atomic E-state index is 0.00473. The van der Waals surface area contributed by atoms with Crippen molar-refractivity contribution in [3.63, 3.8) is 0 Å². The molecule has 1 aliphatic carbocycles. The number of ether oxygens (including phenoxy) is 2. The zero-order chi connectivity index (χ0) is 22.2. The molecule has 0 spiro atoms. The quantitative estimate of drug-likeness (QED) is 0.358. The lowest BCUT2D eigenvalue weighted by molar-refractivity contribution is 0.0118. The topological polar surface area (TPSA) is 18.5 Å². The first kappa shape index (κ1) is 23.6. The molecule has 170 valence electrons. The molecule has 2 aromatic carbocycles. The van der Waals surface area contributed by atoms with Gasteiger partial charge in [-0.3, -0.25) is 0 Å². The van der Waals surface area contributed by atoms with Crippen LogP contribution in [0.5, 0.6) is 5.75 Å². The van der Waals surface area contributed by atoms with E-state index in [1.54, 1.807) is 18.2 Å². The van der Waals surface area contributed by atoms with Crippen molar-refractivity contribution in [2.45, 2.75) is 83.8 Å². The van der Waals surface area contributed by atoms with Crippen LogP contribution in [0, 0.1) is 24.4 Å². The Hall–Kier alpha value is -2.01. The van der Waals surface area contributed by atoms with Gasteiger partial charge in [0.1, 0.15) is 5.82 Å². The Morgan fingerprint density at radius 3 is 2.39 bits per heavy atom. The van der Waals surface area contributed by atoms with Gasteiger partial charge in [-0.1, -0.05) is 44.4 Å². The molecule has 0 bridgehead atoms. The zero-order valence-corrected chi connectivity index (χ0v) is 18.6. The van der Waals surface area contributed by atoms with Crippen molar-refractivity contribution in [2.24, 2.45) is 0 Å². The molecule has 0 N–H and O–H groups in total. The molecule has 31 heavy (non-hydrogen) atoms. The van der Waals surface area contributed by atoms with E-state index in [0.29, 0.717) is 30.6 Å². The number of halogens is 3. The zero-order valence-electron chi connectivity index (χ0n) is 18.6. The molecule has 0 radical (unpaired) electrons. The molecule has 0 heterocycles. The Kier molecular flexibility index (Phi) is 8.82. The van der Waals surface area contributed by atoms with Crippen LogP contribution in [0.25, 0.3) is 0 Å². The van der Waals surface area contributed by atoms with Crippen LogP contribution < -0.4 is 4.74 Å². The smallest absolute Gasteiger partial charge is 0.200 e. The summed E-state index contributed by atoms with van der Waals surface area (Å²) in [6.07, 6.45) is 7.04. The molecular formula is C26H33F3O2. The third kappa shape index (κ3) is 6.49. The summed E-state index contributed by atoms with van der Waals surface area (Å²) in [6, 6.07) is 8.34. The van der Waals surface area contributed by atoms with Gasteiger partial charge in [0.15, 0.2) is 11.6 Å². The third-order valence-corrected chi connectivity index (χ3v) is 6.13. The van der Waals surface area contributed by atoms with Crippen LogP contribution in [0.15, 0.2) is 30.3 Å². The molecule has 2 nitrogen and oxygen atoms in total. The van der Waals surface area contributed by atoms with E-state index in [1.807, 2.05) is 13.0 Å². The molecule has 0 saturated heterocycles. The van der Waals surface area contributed by atoms with Gasteiger partial charge in [0, 0.05) is 5.56 Å². The maximum atomic E-state index is 14.7. The Morgan fingerprint density at radius 1 is 0.903 bits per heavy atom. The van der Waals surface area contributed by atoms with Crippen molar-refractivity contribution in [1.82, 2.24) is 0 Å². The van der Waals surface area contributed by atoms with Crippen molar-refractivity contribution in [2.75, 3.05) is 6.61 Å². The molecule has 1 fully saturated rings. The van der Waals surface area contributed by atoms with Gasteiger partial charge in [-0.15, -0.1) is 0 Å². The largest absolute Gasteiger partial charge is 0.490 e. The van der Waals surface area contributed by atoms with Gasteiger partial charge >= 0.3 is 0 Å². The second-order valence-corrected chi connectivity index (χ2v) is 8.57. The van der Waals surface area contributed by atoms with Crippen molar-refractivity contribution in [3.8, 4) is 5.75 Å². The van der Waals surface area contributed by atoms with E-state index in [4.69, 9.17) is 9.47 Å². The van der Waals surface area contributed by atoms with E-state index in [0.717, 1.165) is 44.1 Å². The summed E-state index contributed by atoms with van der Waals surface area (Å²) in [7, 11) is 0. The monoisotopic (exact) mass is 434 g/mol. The summed E-state index contributed by atoms with van der Waals surface area (Å²) in [5.74, 6) is -1.98. The van der Waals surface area contributed by atoms with Crippen molar-refractivity contribution >= 4 is 0 Å². The second-order valence-electron chi connectivity index (χ2n) is 8.57. The van der Waals surface area contributed by atoms with Gasteiger partial charge in [-0.05, 0) is 68.2 Å². The first-order chi connectivity index (χ1) is 15.0. The van der Waals surface area contributed by atoms with Crippen LogP contribution in [0.2, 0.25) is 0 Å². The summed E-state index contributed by atoms with van der Waals surface area (Å²) in [5, 5.41) is 0. The number of aryl methyl sites for hydroxylation is 1. The van der Waals surface area contributed by atoms with Gasteiger partial charge in [-0.2, -0.15) is 4.39 Å². The fourth-order valence-corrected chi connectivity index (χ4v) is 4.20. The van der Waals surface area contributed by atoms with Crippen LogP contribution in [-0.2, 0) is 11.3 Å². The van der Waals surface area contributed by atoms with Gasteiger partial charge in [-0.25, -0.2) is 8.78 Å². The Labute approximate surface area is 183 Å². The number of unbranched alkanes of at least 4 members (excludes halogenated alkanes) is 3. The predicted molar refractivity (Wildman–Crippen MR) is 117 cm³/mol. The van der Waals surface area contributed by atoms with Crippen molar-refractivity contribution in [1.29, 1.82) is 0 Å². The first-order valence-corrected chi connectivity index (χ1v) is 11.5. The standard InChI is InChI=1S/C26H33F3O2/c1-3-4-5-6-15-30-24-14-13-22(25(28)26(24)29)19-9-11-21(12-10-19)31-17-20-8-7-18(2)16-23(20)27/h7-8,13-14,16,19,21H,3-6,9-12,15,17H2,1-2H3.